The normalized spacial score (nSPS) is 22.1. The summed E-state index contributed by atoms with van der Waals surface area (Å²) in [6, 6.07) is 4.20. The van der Waals surface area contributed by atoms with Crippen LogP contribution in [0.3, 0.4) is 0 Å². The van der Waals surface area contributed by atoms with Crippen LogP contribution >= 0.6 is 0 Å². The SMILES string of the molecule is CCC1(C)CN(c2ccc([N+](=O)[O-])cc2C(N)=O)CCO1. The molecule has 1 aromatic rings. The number of morpholine rings is 1. The zero-order valence-corrected chi connectivity index (χ0v) is 12.2. The molecule has 21 heavy (non-hydrogen) atoms. The molecule has 1 fully saturated rings. The summed E-state index contributed by atoms with van der Waals surface area (Å²) in [5, 5.41) is 10.8. The van der Waals surface area contributed by atoms with E-state index in [0.29, 0.717) is 25.4 Å². The Balaban J connectivity index is 2.39. The van der Waals surface area contributed by atoms with Gasteiger partial charge in [0.05, 0.1) is 28.4 Å². The second-order valence-corrected chi connectivity index (χ2v) is 5.40. The van der Waals surface area contributed by atoms with Crippen molar-refractivity contribution < 1.29 is 14.5 Å². The second-order valence-electron chi connectivity index (χ2n) is 5.40. The topological polar surface area (TPSA) is 98.7 Å². The first-order valence-corrected chi connectivity index (χ1v) is 6.83. The minimum Gasteiger partial charge on any atom is -0.372 e. The number of rotatable bonds is 4. The molecular formula is C14H19N3O4. The van der Waals surface area contributed by atoms with Gasteiger partial charge in [-0.05, 0) is 19.4 Å². The van der Waals surface area contributed by atoms with Crippen molar-refractivity contribution in [2.45, 2.75) is 25.9 Å². The predicted octanol–water partition coefficient (Wildman–Crippen LogP) is 1.70. The number of carbonyl (C=O) groups excluding carboxylic acids is 1. The molecule has 2 rings (SSSR count). The third-order valence-electron chi connectivity index (χ3n) is 3.88. The molecule has 0 bridgehead atoms. The van der Waals surface area contributed by atoms with Gasteiger partial charge in [0.1, 0.15) is 0 Å². The van der Waals surface area contributed by atoms with E-state index in [4.69, 9.17) is 10.5 Å². The highest BCUT2D eigenvalue weighted by Gasteiger charge is 2.32. The summed E-state index contributed by atoms with van der Waals surface area (Å²) < 4.78 is 5.76. The number of ether oxygens (including phenoxy) is 1. The summed E-state index contributed by atoms with van der Waals surface area (Å²) in [6.07, 6.45) is 0.836. The van der Waals surface area contributed by atoms with Gasteiger partial charge in [-0.25, -0.2) is 0 Å². The van der Waals surface area contributed by atoms with E-state index < -0.39 is 10.8 Å². The zero-order valence-electron chi connectivity index (χ0n) is 12.2. The largest absolute Gasteiger partial charge is 0.372 e. The Labute approximate surface area is 122 Å². The van der Waals surface area contributed by atoms with Crippen molar-refractivity contribution >= 4 is 17.3 Å². The molecular weight excluding hydrogens is 274 g/mol. The standard InChI is InChI=1S/C14H19N3O4/c1-3-14(2)9-16(6-7-21-14)12-5-4-10(17(19)20)8-11(12)13(15)18/h4-5,8H,3,6-7,9H2,1-2H3,(H2,15,18). The van der Waals surface area contributed by atoms with Gasteiger partial charge in [-0.15, -0.1) is 0 Å². The molecule has 0 radical (unpaired) electrons. The molecule has 2 N–H and O–H groups in total. The van der Waals surface area contributed by atoms with Crippen molar-refractivity contribution in [2.75, 3.05) is 24.6 Å². The van der Waals surface area contributed by atoms with Crippen molar-refractivity contribution in [1.29, 1.82) is 0 Å². The smallest absolute Gasteiger partial charge is 0.270 e. The van der Waals surface area contributed by atoms with Gasteiger partial charge in [-0.3, -0.25) is 14.9 Å². The van der Waals surface area contributed by atoms with Gasteiger partial charge in [-0.1, -0.05) is 6.92 Å². The number of amides is 1. The van der Waals surface area contributed by atoms with Crippen LogP contribution in [-0.2, 0) is 4.74 Å². The number of anilines is 1. The van der Waals surface area contributed by atoms with Gasteiger partial charge in [0, 0.05) is 25.2 Å². The van der Waals surface area contributed by atoms with Crippen molar-refractivity contribution in [3.05, 3.63) is 33.9 Å². The average molecular weight is 293 g/mol. The molecule has 1 aliphatic rings. The zero-order chi connectivity index (χ0) is 15.6. The van der Waals surface area contributed by atoms with Crippen molar-refractivity contribution in [1.82, 2.24) is 0 Å². The number of primary amides is 1. The fourth-order valence-corrected chi connectivity index (χ4v) is 2.46. The third kappa shape index (κ3) is 3.13. The molecule has 1 atom stereocenters. The molecule has 1 amide bonds. The number of nitro benzene ring substituents is 1. The number of hydrogen-bond acceptors (Lipinski definition) is 5. The highest BCUT2D eigenvalue weighted by atomic mass is 16.6. The Morgan fingerprint density at radius 2 is 2.29 bits per heavy atom. The minimum absolute atomic E-state index is 0.140. The number of hydrogen-bond donors (Lipinski definition) is 1. The summed E-state index contributed by atoms with van der Waals surface area (Å²) in [5.41, 5.74) is 5.73. The van der Waals surface area contributed by atoms with E-state index in [1.165, 1.54) is 12.1 Å². The first-order chi connectivity index (χ1) is 9.86. The molecule has 1 unspecified atom stereocenters. The lowest BCUT2D eigenvalue weighted by atomic mass is 9.99. The Morgan fingerprint density at radius 3 is 2.86 bits per heavy atom. The van der Waals surface area contributed by atoms with E-state index >= 15 is 0 Å². The van der Waals surface area contributed by atoms with E-state index in [-0.39, 0.29) is 16.9 Å². The van der Waals surface area contributed by atoms with Gasteiger partial charge in [0.15, 0.2) is 0 Å². The lowest BCUT2D eigenvalue weighted by molar-refractivity contribution is -0.384. The predicted molar refractivity (Wildman–Crippen MR) is 78.5 cm³/mol. The van der Waals surface area contributed by atoms with Crippen LogP contribution in [0.15, 0.2) is 18.2 Å². The van der Waals surface area contributed by atoms with Crippen LogP contribution in [0, 0.1) is 10.1 Å². The van der Waals surface area contributed by atoms with E-state index in [1.54, 1.807) is 6.07 Å². The molecule has 7 heteroatoms. The fraction of sp³-hybridized carbons (Fsp3) is 0.500. The number of nitrogens with zero attached hydrogens (tertiary/aromatic N) is 2. The van der Waals surface area contributed by atoms with Crippen LogP contribution in [0.25, 0.3) is 0 Å². The fourth-order valence-electron chi connectivity index (χ4n) is 2.46. The number of nitro groups is 1. The lowest BCUT2D eigenvalue weighted by Crippen LogP contribution is -2.50. The average Bonchev–Trinajstić information content (AvgIpc) is 2.46. The highest BCUT2D eigenvalue weighted by molar-refractivity contribution is 5.99. The Hall–Kier alpha value is -2.15. The van der Waals surface area contributed by atoms with Crippen LogP contribution in [0.2, 0.25) is 0 Å². The molecule has 114 valence electrons. The van der Waals surface area contributed by atoms with Crippen LogP contribution in [0.5, 0.6) is 0 Å². The number of nitrogens with two attached hydrogens (primary N) is 1. The maximum atomic E-state index is 11.6. The van der Waals surface area contributed by atoms with E-state index in [2.05, 4.69) is 0 Å². The minimum atomic E-state index is -0.668. The van der Waals surface area contributed by atoms with Crippen LogP contribution in [0.1, 0.15) is 30.6 Å². The lowest BCUT2D eigenvalue weighted by Gasteiger charge is -2.41. The van der Waals surface area contributed by atoms with Crippen molar-refractivity contribution in [2.24, 2.45) is 5.73 Å². The van der Waals surface area contributed by atoms with Gasteiger partial charge in [0.2, 0.25) is 0 Å². The number of carbonyl (C=O) groups is 1. The Bertz CT molecular complexity index is 575. The summed E-state index contributed by atoms with van der Waals surface area (Å²) in [5.74, 6) is -0.668. The second kappa shape index (κ2) is 5.69. The molecule has 0 saturated carbocycles. The number of benzene rings is 1. The quantitative estimate of drug-likeness (QED) is 0.673. The van der Waals surface area contributed by atoms with Gasteiger partial charge in [-0.2, -0.15) is 0 Å². The number of non-ortho nitro benzene ring substituents is 1. The maximum absolute atomic E-state index is 11.6. The summed E-state index contributed by atoms with van der Waals surface area (Å²) in [6.45, 7) is 5.82. The third-order valence-corrected chi connectivity index (χ3v) is 3.88. The monoisotopic (exact) mass is 293 g/mol. The van der Waals surface area contributed by atoms with Crippen molar-refractivity contribution in [3.63, 3.8) is 0 Å². The summed E-state index contributed by atoms with van der Waals surface area (Å²) in [4.78, 5) is 23.9. The Kier molecular flexibility index (Phi) is 4.13. The van der Waals surface area contributed by atoms with Crippen LogP contribution in [-0.4, -0.2) is 36.1 Å². The maximum Gasteiger partial charge on any atom is 0.270 e. The van der Waals surface area contributed by atoms with E-state index in [9.17, 15) is 14.9 Å². The Morgan fingerprint density at radius 1 is 1.57 bits per heavy atom. The van der Waals surface area contributed by atoms with Crippen LogP contribution < -0.4 is 10.6 Å². The molecule has 1 aliphatic heterocycles. The first-order valence-electron chi connectivity index (χ1n) is 6.83. The molecule has 0 spiro atoms. The molecule has 7 nitrogen and oxygen atoms in total. The summed E-state index contributed by atoms with van der Waals surface area (Å²) >= 11 is 0. The molecule has 1 aromatic carbocycles. The van der Waals surface area contributed by atoms with Gasteiger partial charge >= 0.3 is 0 Å². The van der Waals surface area contributed by atoms with Gasteiger partial charge in [0.25, 0.3) is 11.6 Å². The summed E-state index contributed by atoms with van der Waals surface area (Å²) in [7, 11) is 0. The van der Waals surface area contributed by atoms with E-state index in [1.807, 2.05) is 18.7 Å². The molecule has 1 saturated heterocycles. The molecule has 0 aromatic heterocycles. The highest BCUT2D eigenvalue weighted by Crippen LogP contribution is 2.30. The van der Waals surface area contributed by atoms with Gasteiger partial charge < -0.3 is 15.4 Å². The molecule has 0 aliphatic carbocycles. The van der Waals surface area contributed by atoms with E-state index in [0.717, 1.165) is 6.42 Å². The first kappa shape index (κ1) is 15.2. The van der Waals surface area contributed by atoms with Crippen LogP contribution in [0.4, 0.5) is 11.4 Å². The van der Waals surface area contributed by atoms with Crippen molar-refractivity contribution in [3.8, 4) is 0 Å². The molecule has 1 heterocycles.